The summed E-state index contributed by atoms with van der Waals surface area (Å²) in [6, 6.07) is 14.0. The third-order valence-electron chi connectivity index (χ3n) is 10.1. The van der Waals surface area contributed by atoms with Crippen LogP contribution in [-0.4, -0.2) is 96.3 Å². The van der Waals surface area contributed by atoms with Crippen molar-refractivity contribution in [3.05, 3.63) is 107 Å². The van der Waals surface area contributed by atoms with Gasteiger partial charge < -0.3 is 18.9 Å². The summed E-state index contributed by atoms with van der Waals surface area (Å²) >= 11 is 0. The van der Waals surface area contributed by atoms with E-state index in [0.717, 1.165) is 11.1 Å². The minimum atomic E-state index is -1.30. The molecule has 2 atom stereocenters. The Balaban J connectivity index is 0.000000167. The number of fused-ring (bicyclic) bond motifs is 2. The number of allylic oxidation sites excluding steroid dienone is 2. The molecule has 280 valence electrons. The van der Waals surface area contributed by atoms with E-state index in [0.29, 0.717) is 72.8 Å². The number of nitrogens with zero attached hydrogens (tertiary/aromatic N) is 4. The van der Waals surface area contributed by atoms with Gasteiger partial charge in [-0.05, 0) is 88.1 Å². The summed E-state index contributed by atoms with van der Waals surface area (Å²) in [4.78, 5) is 82.2. The zero-order valence-corrected chi connectivity index (χ0v) is 30.5. The van der Waals surface area contributed by atoms with Gasteiger partial charge >= 0.3 is 24.4 Å². The number of ketones is 2. The second-order valence-corrected chi connectivity index (χ2v) is 13.6. The van der Waals surface area contributed by atoms with Gasteiger partial charge in [0.25, 0.3) is 0 Å². The molecule has 2 spiro atoms. The molecule has 0 bridgehead atoms. The number of anilines is 2. The lowest BCUT2D eigenvalue weighted by molar-refractivity contribution is 0.0935. The van der Waals surface area contributed by atoms with E-state index in [2.05, 4.69) is 0 Å². The molecule has 4 aliphatic heterocycles. The number of amides is 4. The average molecular weight is 737 g/mol. The summed E-state index contributed by atoms with van der Waals surface area (Å²) in [7, 11) is 0. The van der Waals surface area contributed by atoms with Gasteiger partial charge in [0, 0.05) is 23.5 Å². The van der Waals surface area contributed by atoms with Gasteiger partial charge in [0.05, 0.1) is 37.7 Å². The molecule has 6 aliphatic rings. The fraction of sp³-hybridized carbons (Fsp3) is 0.350. The standard InChI is InChI=1S/2C20H20N2O5/c2*1-3-26-19(25)22-16-7-5-4-6-15(16)17(23)20(22)11-13(2)10-14(20)12-21-8-9-27-18(21)24/h2*4-7,11-12H,3,8-10H2,1-2H3/b2*14-12+/t2*20-/m10/s1. The zero-order chi connectivity index (χ0) is 38.4. The quantitative estimate of drug-likeness (QED) is 0.250. The Kier molecular flexibility index (Phi) is 9.38. The van der Waals surface area contributed by atoms with E-state index in [9.17, 15) is 28.8 Å². The van der Waals surface area contributed by atoms with E-state index in [4.69, 9.17) is 18.9 Å². The molecular weight excluding hydrogens is 696 g/mol. The first-order valence-electron chi connectivity index (χ1n) is 17.8. The van der Waals surface area contributed by atoms with Crippen molar-refractivity contribution in [2.24, 2.45) is 0 Å². The van der Waals surface area contributed by atoms with Gasteiger partial charge in [-0.2, -0.15) is 0 Å². The molecule has 0 radical (unpaired) electrons. The van der Waals surface area contributed by atoms with Crippen LogP contribution in [-0.2, 0) is 18.9 Å². The number of Topliss-reactive ketones (excluding diaryl/α,β-unsaturated/α-hetero) is 2. The molecular formula is C40H40N4O10. The average Bonchev–Trinajstić information content (AvgIpc) is 3.98. The van der Waals surface area contributed by atoms with Crippen molar-refractivity contribution in [2.75, 3.05) is 49.3 Å². The number of carbonyl (C=O) groups is 6. The van der Waals surface area contributed by atoms with Gasteiger partial charge in [0.2, 0.25) is 0 Å². The predicted octanol–water partition coefficient (Wildman–Crippen LogP) is 6.54. The molecule has 2 aliphatic carbocycles. The van der Waals surface area contributed by atoms with Crippen LogP contribution in [0.5, 0.6) is 0 Å². The second-order valence-electron chi connectivity index (χ2n) is 13.6. The highest BCUT2D eigenvalue weighted by molar-refractivity contribution is 6.24. The van der Waals surface area contributed by atoms with Crippen LogP contribution in [0, 0.1) is 0 Å². The van der Waals surface area contributed by atoms with E-state index in [1.165, 1.54) is 19.6 Å². The van der Waals surface area contributed by atoms with Crippen molar-refractivity contribution in [3.63, 3.8) is 0 Å². The van der Waals surface area contributed by atoms with Crippen LogP contribution in [0.2, 0.25) is 0 Å². The van der Waals surface area contributed by atoms with Crippen LogP contribution in [0.15, 0.2) is 95.4 Å². The van der Waals surface area contributed by atoms with Crippen molar-refractivity contribution in [1.29, 1.82) is 0 Å². The number of carbonyl (C=O) groups excluding carboxylic acids is 6. The monoisotopic (exact) mass is 736 g/mol. The van der Waals surface area contributed by atoms with Crippen LogP contribution < -0.4 is 9.80 Å². The van der Waals surface area contributed by atoms with Crippen LogP contribution in [0.25, 0.3) is 0 Å². The minimum Gasteiger partial charge on any atom is -0.449 e. The summed E-state index contributed by atoms with van der Waals surface area (Å²) in [5, 5.41) is 0. The maximum atomic E-state index is 13.5. The van der Waals surface area contributed by atoms with Crippen molar-refractivity contribution < 1.29 is 47.7 Å². The van der Waals surface area contributed by atoms with Crippen LogP contribution in [0.4, 0.5) is 30.6 Å². The molecule has 4 heterocycles. The molecule has 0 unspecified atom stereocenters. The first-order chi connectivity index (χ1) is 26.0. The largest absolute Gasteiger partial charge is 0.449 e. The number of rotatable bonds is 4. The Bertz CT molecular complexity index is 1950. The molecule has 14 heteroatoms. The Morgan fingerprint density at radius 3 is 1.41 bits per heavy atom. The second kappa shape index (κ2) is 14.0. The zero-order valence-electron chi connectivity index (χ0n) is 30.5. The van der Waals surface area contributed by atoms with E-state index < -0.39 is 35.5 Å². The number of para-hydroxylation sites is 2. The van der Waals surface area contributed by atoms with Crippen molar-refractivity contribution in [3.8, 4) is 0 Å². The highest BCUT2D eigenvalue weighted by Crippen LogP contribution is 2.51. The topological polar surface area (TPSA) is 152 Å². The molecule has 2 aromatic rings. The minimum absolute atomic E-state index is 0.193. The Labute approximate surface area is 311 Å². The highest BCUT2D eigenvalue weighted by atomic mass is 16.6. The number of ether oxygens (including phenoxy) is 4. The van der Waals surface area contributed by atoms with Gasteiger partial charge in [0.15, 0.2) is 22.6 Å². The molecule has 4 amide bonds. The molecule has 0 aromatic heterocycles. The van der Waals surface area contributed by atoms with E-state index in [-0.39, 0.29) is 24.8 Å². The lowest BCUT2D eigenvalue weighted by Crippen LogP contribution is -2.52. The van der Waals surface area contributed by atoms with Crippen LogP contribution >= 0.6 is 0 Å². The molecule has 8 rings (SSSR count). The van der Waals surface area contributed by atoms with Crippen molar-refractivity contribution >= 4 is 47.3 Å². The Morgan fingerprint density at radius 1 is 0.667 bits per heavy atom. The molecule has 2 fully saturated rings. The van der Waals surface area contributed by atoms with Crippen molar-refractivity contribution in [2.45, 2.75) is 51.6 Å². The van der Waals surface area contributed by atoms with Gasteiger partial charge in [-0.15, -0.1) is 0 Å². The smallest absolute Gasteiger partial charge is 0.415 e. The third kappa shape index (κ3) is 5.63. The number of hydrogen-bond donors (Lipinski definition) is 0. The van der Waals surface area contributed by atoms with Gasteiger partial charge in [-0.1, -0.05) is 35.4 Å². The summed E-state index contributed by atoms with van der Waals surface area (Å²) in [6.07, 6.45) is 5.81. The first-order valence-corrected chi connectivity index (χ1v) is 17.8. The van der Waals surface area contributed by atoms with Crippen LogP contribution in [0.1, 0.15) is 61.3 Å². The maximum absolute atomic E-state index is 13.5. The fourth-order valence-corrected chi connectivity index (χ4v) is 8.00. The van der Waals surface area contributed by atoms with E-state index in [1.807, 2.05) is 13.8 Å². The lowest BCUT2D eigenvalue weighted by atomic mass is 9.87. The number of cyclic esters (lactones) is 2. The van der Waals surface area contributed by atoms with E-state index in [1.54, 1.807) is 86.9 Å². The predicted molar refractivity (Wildman–Crippen MR) is 195 cm³/mol. The molecule has 0 N–H and O–H groups in total. The molecule has 2 aromatic carbocycles. The Hall–Kier alpha value is -6.18. The number of benzene rings is 2. The lowest BCUT2D eigenvalue weighted by Gasteiger charge is -2.33. The molecule has 14 nitrogen and oxygen atoms in total. The van der Waals surface area contributed by atoms with Crippen LogP contribution in [0.3, 0.4) is 0 Å². The van der Waals surface area contributed by atoms with Crippen molar-refractivity contribution in [1.82, 2.24) is 9.80 Å². The van der Waals surface area contributed by atoms with E-state index >= 15 is 0 Å². The van der Waals surface area contributed by atoms with Gasteiger partial charge in [0.1, 0.15) is 13.2 Å². The highest BCUT2D eigenvalue weighted by Gasteiger charge is 2.59. The molecule has 2 saturated heterocycles. The van der Waals surface area contributed by atoms with Gasteiger partial charge in [-0.3, -0.25) is 29.2 Å². The summed E-state index contributed by atoms with van der Waals surface area (Å²) in [6.45, 7) is 9.09. The Morgan fingerprint density at radius 2 is 1.06 bits per heavy atom. The summed E-state index contributed by atoms with van der Waals surface area (Å²) < 4.78 is 20.5. The number of hydrogen-bond acceptors (Lipinski definition) is 10. The molecule has 0 saturated carbocycles. The third-order valence-corrected chi connectivity index (χ3v) is 10.1. The van der Waals surface area contributed by atoms with Gasteiger partial charge in [-0.25, -0.2) is 19.2 Å². The maximum Gasteiger partial charge on any atom is 0.415 e. The summed E-state index contributed by atoms with van der Waals surface area (Å²) in [5.41, 5.74) is 2.57. The molecule has 54 heavy (non-hydrogen) atoms. The summed E-state index contributed by atoms with van der Waals surface area (Å²) in [5.74, 6) is -0.386. The SMILES string of the molecule is CCOC(=O)N1c2ccccc2C(=O)[C@@]12C=C(C)C/C2=C\N1CCOC1=O.CCOC(=O)N1c2ccccc2C(=O)[C@]12C=C(C)C/C2=C\N1CCOC1=O. The first kappa shape index (κ1) is 36.2. The normalized spacial score (nSPS) is 25.3. The fourth-order valence-electron chi connectivity index (χ4n) is 8.00.